The van der Waals surface area contributed by atoms with Gasteiger partial charge in [0, 0.05) is 13.1 Å². The maximum absolute atomic E-state index is 12.4. The molecule has 0 saturated carbocycles. The van der Waals surface area contributed by atoms with Crippen LogP contribution >= 0.6 is 23.2 Å². The highest BCUT2D eigenvalue weighted by molar-refractivity contribution is 7.92. The Bertz CT molecular complexity index is 597. The van der Waals surface area contributed by atoms with Crippen molar-refractivity contribution in [1.82, 2.24) is 5.32 Å². The number of benzene rings is 1. The number of sulfone groups is 1. The molecule has 0 bridgehead atoms. The van der Waals surface area contributed by atoms with Gasteiger partial charge in [-0.1, -0.05) is 17.7 Å². The van der Waals surface area contributed by atoms with E-state index in [2.05, 4.69) is 5.32 Å². The van der Waals surface area contributed by atoms with Crippen molar-refractivity contribution in [3.8, 4) is 0 Å². The van der Waals surface area contributed by atoms with Crippen LogP contribution in [0.2, 0.25) is 5.02 Å². The predicted molar refractivity (Wildman–Crippen MR) is 71.4 cm³/mol. The first-order valence-electron chi connectivity index (χ1n) is 5.49. The van der Waals surface area contributed by atoms with Crippen molar-refractivity contribution in [1.29, 1.82) is 0 Å². The number of halogens is 2. The third-order valence-electron chi connectivity index (χ3n) is 2.72. The Morgan fingerprint density at radius 3 is 2.74 bits per heavy atom. The molecule has 1 aliphatic rings. The van der Waals surface area contributed by atoms with E-state index in [0.29, 0.717) is 13.2 Å². The summed E-state index contributed by atoms with van der Waals surface area (Å²) in [6.45, 7) is 1.08. The molecule has 1 N–H and O–H groups in total. The summed E-state index contributed by atoms with van der Waals surface area (Å²) >= 11 is 11.3. The van der Waals surface area contributed by atoms with Gasteiger partial charge in [0.05, 0.1) is 22.1 Å². The van der Waals surface area contributed by atoms with Gasteiger partial charge in [0.2, 0.25) is 9.84 Å². The van der Waals surface area contributed by atoms with Gasteiger partial charge in [0.25, 0.3) is 5.24 Å². The molecule has 0 radical (unpaired) electrons. The highest BCUT2D eigenvalue weighted by atomic mass is 35.5. The lowest BCUT2D eigenvalue weighted by molar-refractivity contribution is 0.0785. The molecule has 0 aliphatic carbocycles. The molecule has 2 rings (SSSR count). The first-order valence-corrected chi connectivity index (χ1v) is 7.79. The standard InChI is InChI=1S/C11H11Cl2NO4S/c12-10-7(11(13)15)2-1-3-8(10)19(16,17)9-6-14-4-5-18-9/h1-3,9,14H,4-6H2. The monoisotopic (exact) mass is 323 g/mol. The first kappa shape index (κ1) is 14.7. The van der Waals surface area contributed by atoms with E-state index in [1.165, 1.54) is 18.2 Å². The Morgan fingerprint density at radius 1 is 1.42 bits per heavy atom. The summed E-state index contributed by atoms with van der Waals surface area (Å²) in [5.74, 6) is 0. The minimum absolute atomic E-state index is 0.0341. The predicted octanol–water partition coefficient (Wildman–Crippen LogP) is 1.44. The normalized spacial score (nSPS) is 20.2. The number of ether oxygens (including phenoxy) is 1. The fourth-order valence-electron chi connectivity index (χ4n) is 1.76. The van der Waals surface area contributed by atoms with Crippen LogP contribution in [0.4, 0.5) is 0 Å². The van der Waals surface area contributed by atoms with Gasteiger partial charge in [-0.3, -0.25) is 4.79 Å². The molecule has 1 aromatic carbocycles. The number of hydrogen-bond donors (Lipinski definition) is 1. The number of nitrogens with one attached hydrogen (secondary N) is 1. The van der Waals surface area contributed by atoms with Crippen LogP contribution < -0.4 is 5.32 Å². The topological polar surface area (TPSA) is 72.5 Å². The molecular weight excluding hydrogens is 313 g/mol. The summed E-state index contributed by atoms with van der Waals surface area (Å²) in [5, 5.41) is 1.96. The van der Waals surface area contributed by atoms with Gasteiger partial charge in [-0.05, 0) is 23.7 Å². The minimum atomic E-state index is -3.78. The Morgan fingerprint density at radius 2 is 2.16 bits per heavy atom. The van der Waals surface area contributed by atoms with Crippen molar-refractivity contribution < 1.29 is 17.9 Å². The molecule has 1 aromatic rings. The Kier molecular flexibility index (Phi) is 4.47. The van der Waals surface area contributed by atoms with Crippen LogP contribution in [0.3, 0.4) is 0 Å². The maximum Gasteiger partial charge on any atom is 0.253 e. The van der Waals surface area contributed by atoms with Gasteiger partial charge in [-0.15, -0.1) is 0 Å². The Balaban J connectivity index is 2.46. The van der Waals surface area contributed by atoms with E-state index < -0.39 is 20.5 Å². The van der Waals surface area contributed by atoms with Crippen LogP contribution in [0, 0.1) is 0 Å². The zero-order valence-electron chi connectivity index (χ0n) is 9.73. The molecule has 1 heterocycles. The van der Waals surface area contributed by atoms with E-state index in [0.717, 1.165) is 0 Å². The van der Waals surface area contributed by atoms with Crippen molar-refractivity contribution in [2.45, 2.75) is 10.3 Å². The second kappa shape index (κ2) is 5.76. The lowest BCUT2D eigenvalue weighted by Crippen LogP contribution is -2.43. The second-order valence-corrected chi connectivity index (χ2v) is 6.72. The number of morpholine rings is 1. The van der Waals surface area contributed by atoms with Crippen molar-refractivity contribution >= 4 is 38.3 Å². The molecule has 0 amide bonds. The fourth-order valence-corrected chi connectivity index (χ4v) is 4.03. The van der Waals surface area contributed by atoms with E-state index in [1.807, 2.05) is 0 Å². The summed E-state index contributed by atoms with van der Waals surface area (Å²) < 4.78 is 30.0. The molecule has 1 saturated heterocycles. The smallest absolute Gasteiger partial charge is 0.253 e. The largest absolute Gasteiger partial charge is 0.359 e. The molecule has 19 heavy (non-hydrogen) atoms. The summed E-state index contributed by atoms with van der Waals surface area (Å²) in [7, 11) is -3.78. The summed E-state index contributed by atoms with van der Waals surface area (Å²) in [6.07, 6.45) is 0. The van der Waals surface area contributed by atoms with E-state index in [1.54, 1.807) is 0 Å². The Hall–Kier alpha value is -0.660. The number of carbonyl (C=O) groups is 1. The molecule has 104 valence electrons. The SMILES string of the molecule is O=C(Cl)c1cccc(S(=O)(=O)C2CNCCO2)c1Cl. The highest BCUT2D eigenvalue weighted by Gasteiger charge is 2.32. The zero-order chi connectivity index (χ0) is 14.0. The average molecular weight is 324 g/mol. The molecular formula is C11H11Cl2NO4S. The molecule has 1 fully saturated rings. The summed E-state index contributed by atoms with van der Waals surface area (Å²) in [4.78, 5) is 11.0. The van der Waals surface area contributed by atoms with Crippen molar-refractivity contribution in [2.24, 2.45) is 0 Å². The van der Waals surface area contributed by atoms with Crippen LogP contribution in [-0.4, -0.2) is 38.8 Å². The van der Waals surface area contributed by atoms with Gasteiger partial charge in [-0.25, -0.2) is 8.42 Å². The van der Waals surface area contributed by atoms with E-state index in [-0.39, 0.29) is 22.0 Å². The lowest BCUT2D eigenvalue weighted by atomic mass is 10.2. The third-order valence-corrected chi connectivity index (χ3v) is 5.39. The van der Waals surface area contributed by atoms with Gasteiger partial charge in [0.15, 0.2) is 5.44 Å². The highest BCUT2D eigenvalue weighted by Crippen LogP contribution is 2.29. The zero-order valence-corrected chi connectivity index (χ0v) is 12.1. The number of rotatable bonds is 3. The van der Waals surface area contributed by atoms with Crippen LogP contribution in [0.15, 0.2) is 23.1 Å². The summed E-state index contributed by atoms with van der Waals surface area (Å²) in [5.41, 5.74) is -1.05. The molecule has 1 unspecified atom stereocenters. The van der Waals surface area contributed by atoms with Crippen molar-refractivity contribution in [2.75, 3.05) is 19.7 Å². The van der Waals surface area contributed by atoms with Gasteiger partial charge >= 0.3 is 0 Å². The third kappa shape index (κ3) is 2.93. The minimum Gasteiger partial charge on any atom is -0.359 e. The molecule has 1 atom stereocenters. The maximum atomic E-state index is 12.4. The number of carbonyl (C=O) groups excluding carboxylic acids is 1. The quantitative estimate of drug-likeness (QED) is 0.852. The second-order valence-electron chi connectivity index (χ2n) is 3.94. The fraction of sp³-hybridized carbons (Fsp3) is 0.364. The molecule has 8 heteroatoms. The van der Waals surface area contributed by atoms with E-state index >= 15 is 0 Å². The lowest BCUT2D eigenvalue weighted by Gasteiger charge is -2.24. The van der Waals surface area contributed by atoms with E-state index in [4.69, 9.17) is 27.9 Å². The molecule has 1 aliphatic heterocycles. The van der Waals surface area contributed by atoms with Crippen LogP contribution in [0.5, 0.6) is 0 Å². The van der Waals surface area contributed by atoms with Gasteiger partial charge < -0.3 is 10.1 Å². The van der Waals surface area contributed by atoms with Crippen LogP contribution in [0.1, 0.15) is 10.4 Å². The molecule has 0 spiro atoms. The van der Waals surface area contributed by atoms with Crippen LogP contribution in [0.25, 0.3) is 0 Å². The first-order chi connectivity index (χ1) is 8.94. The van der Waals surface area contributed by atoms with Crippen molar-refractivity contribution in [3.63, 3.8) is 0 Å². The molecule has 5 nitrogen and oxygen atoms in total. The van der Waals surface area contributed by atoms with E-state index in [9.17, 15) is 13.2 Å². The Labute approximate surface area is 120 Å². The van der Waals surface area contributed by atoms with Crippen LogP contribution in [-0.2, 0) is 14.6 Å². The van der Waals surface area contributed by atoms with Gasteiger partial charge in [-0.2, -0.15) is 0 Å². The van der Waals surface area contributed by atoms with Gasteiger partial charge in [0.1, 0.15) is 0 Å². The molecule has 0 aromatic heterocycles. The van der Waals surface area contributed by atoms with Crippen molar-refractivity contribution in [3.05, 3.63) is 28.8 Å². The summed E-state index contributed by atoms with van der Waals surface area (Å²) in [6, 6.07) is 4.13. The average Bonchev–Trinajstić information content (AvgIpc) is 2.39. The number of hydrogen-bond acceptors (Lipinski definition) is 5.